The Labute approximate surface area is 121 Å². The summed E-state index contributed by atoms with van der Waals surface area (Å²) in [5, 5.41) is 7.22. The standard InChI is InChI=1S/C16H24N4/c1-2-4-13(3-1)19-16-9-14(6-8-18-16)20-10-12-5-7-17-15(12)11-20/h6,8-9,12-13,15,17H,1-5,7,10-11H2,(H,18,19)/t12-,15+/m1/s1. The van der Waals surface area contributed by atoms with E-state index in [9.17, 15) is 0 Å². The van der Waals surface area contributed by atoms with Crippen LogP contribution in [0.3, 0.4) is 0 Å². The summed E-state index contributed by atoms with van der Waals surface area (Å²) in [6.45, 7) is 3.55. The molecule has 3 fully saturated rings. The predicted molar refractivity (Wildman–Crippen MR) is 82.2 cm³/mol. The van der Waals surface area contributed by atoms with Gasteiger partial charge in [0.2, 0.25) is 0 Å². The van der Waals surface area contributed by atoms with Crippen molar-refractivity contribution in [1.29, 1.82) is 0 Å². The molecule has 3 heterocycles. The zero-order valence-corrected chi connectivity index (χ0v) is 12.0. The molecule has 2 saturated heterocycles. The number of anilines is 2. The minimum Gasteiger partial charge on any atom is -0.369 e. The summed E-state index contributed by atoms with van der Waals surface area (Å²) < 4.78 is 0. The van der Waals surface area contributed by atoms with Crippen LogP contribution < -0.4 is 15.5 Å². The molecule has 0 unspecified atom stereocenters. The molecule has 1 saturated carbocycles. The van der Waals surface area contributed by atoms with E-state index in [1.54, 1.807) is 0 Å². The summed E-state index contributed by atoms with van der Waals surface area (Å²) in [5.41, 5.74) is 1.33. The molecule has 0 aromatic carbocycles. The van der Waals surface area contributed by atoms with E-state index in [0.717, 1.165) is 18.3 Å². The summed E-state index contributed by atoms with van der Waals surface area (Å²) in [4.78, 5) is 7.01. The largest absolute Gasteiger partial charge is 0.369 e. The molecule has 0 spiro atoms. The average Bonchev–Trinajstić information content (AvgIpc) is 3.14. The first-order chi connectivity index (χ1) is 9.88. The average molecular weight is 272 g/mol. The van der Waals surface area contributed by atoms with E-state index in [4.69, 9.17) is 0 Å². The minimum absolute atomic E-state index is 0.636. The second-order valence-corrected chi connectivity index (χ2v) is 6.54. The number of aromatic nitrogens is 1. The smallest absolute Gasteiger partial charge is 0.128 e. The van der Waals surface area contributed by atoms with Gasteiger partial charge < -0.3 is 15.5 Å². The van der Waals surface area contributed by atoms with E-state index in [1.807, 2.05) is 6.20 Å². The second kappa shape index (κ2) is 5.24. The lowest BCUT2D eigenvalue weighted by Crippen LogP contribution is -2.30. The van der Waals surface area contributed by atoms with Crippen LogP contribution in [0.4, 0.5) is 11.5 Å². The molecule has 108 valence electrons. The summed E-state index contributed by atoms with van der Waals surface area (Å²) in [6, 6.07) is 5.73. The molecule has 4 nitrogen and oxygen atoms in total. The van der Waals surface area contributed by atoms with Crippen molar-refractivity contribution in [3.05, 3.63) is 18.3 Å². The van der Waals surface area contributed by atoms with Crippen LogP contribution in [0.2, 0.25) is 0 Å². The lowest BCUT2D eigenvalue weighted by Gasteiger charge is -2.21. The van der Waals surface area contributed by atoms with Crippen molar-refractivity contribution >= 4 is 11.5 Å². The van der Waals surface area contributed by atoms with Gasteiger partial charge in [0.15, 0.2) is 0 Å². The first kappa shape index (κ1) is 12.5. The summed E-state index contributed by atoms with van der Waals surface area (Å²) in [7, 11) is 0. The van der Waals surface area contributed by atoms with Crippen LogP contribution in [0.15, 0.2) is 18.3 Å². The van der Waals surface area contributed by atoms with E-state index in [2.05, 4.69) is 32.7 Å². The molecule has 1 aliphatic carbocycles. The highest BCUT2D eigenvalue weighted by Gasteiger charge is 2.36. The van der Waals surface area contributed by atoms with E-state index in [1.165, 1.54) is 50.9 Å². The van der Waals surface area contributed by atoms with Crippen molar-refractivity contribution in [3.63, 3.8) is 0 Å². The maximum absolute atomic E-state index is 4.49. The molecule has 1 aromatic rings. The Balaban J connectivity index is 1.45. The van der Waals surface area contributed by atoms with Crippen molar-refractivity contribution in [3.8, 4) is 0 Å². The van der Waals surface area contributed by atoms with Gasteiger partial charge in [-0.2, -0.15) is 0 Å². The summed E-state index contributed by atoms with van der Waals surface area (Å²) >= 11 is 0. The number of nitrogens with zero attached hydrogens (tertiary/aromatic N) is 2. The summed E-state index contributed by atoms with van der Waals surface area (Å²) in [6.07, 6.45) is 8.60. The SMILES string of the molecule is c1cc(N2C[C@H]3CCN[C@H]3C2)cc(NC2CCCC2)n1. The quantitative estimate of drug-likeness (QED) is 0.885. The molecule has 2 N–H and O–H groups in total. The molecular weight excluding hydrogens is 248 g/mol. The van der Waals surface area contributed by atoms with Crippen molar-refractivity contribution in [2.45, 2.75) is 44.2 Å². The van der Waals surface area contributed by atoms with Gasteiger partial charge in [-0.3, -0.25) is 0 Å². The fraction of sp³-hybridized carbons (Fsp3) is 0.688. The van der Waals surface area contributed by atoms with Gasteiger partial charge in [-0.25, -0.2) is 4.98 Å². The van der Waals surface area contributed by atoms with Crippen molar-refractivity contribution in [2.75, 3.05) is 29.9 Å². The Morgan fingerprint density at radius 1 is 1.20 bits per heavy atom. The number of hydrogen-bond acceptors (Lipinski definition) is 4. The zero-order chi connectivity index (χ0) is 13.4. The third kappa shape index (κ3) is 2.37. The fourth-order valence-electron chi connectivity index (χ4n) is 4.03. The molecule has 3 aliphatic rings. The topological polar surface area (TPSA) is 40.2 Å². The Morgan fingerprint density at radius 3 is 2.95 bits per heavy atom. The highest BCUT2D eigenvalue weighted by molar-refractivity contribution is 5.55. The van der Waals surface area contributed by atoms with Crippen molar-refractivity contribution in [2.24, 2.45) is 5.92 Å². The van der Waals surface area contributed by atoms with Crippen molar-refractivity contribution in [1.82, 2.24) is 10.3 Å². The number of pyridine rings is 1. The lowest BCUT2D eigenvalue weighted by atomic mass is 10.1. The molecular formula is C16H24N4. The lowest BCUT2D eigenvalue weighted by molar-refractivity contribution is 0.556. The first-order valence-electron chi connectivity index (χ1n) is 8.09. The third-order valence-corrected chi connectivity index (χ3v) is 5.18. The van der Waals surface area contributed by atoms with Gasteiger partial charge in [0.1, 0.15) is 5.82 Å². The van der Waals surface area contributed by atoms with Gasteiger partial charge in [-0.1, -0.05) is 12.8 Å². The van der Waals surface area contributed by atoms with Gasteiger partial charge in [-0.15, -0.1) is 0 Å². The molecule has 4 heteroatoms. The maximum atomic E-state index is 4.49. The predicted octanol–water partition coefficient (Wildman–Crippen LogP) is 2.23. The van der Waals surface area contributed by atoms with Gasteiger partial charge in [0.05, 0.1) is 0 Å². The third-order valence-electron chi connectivity index (χ3n) is 5.18. The number of rotatable bonds is 3. The van der Waals surface area contributed by atoms with Crippen LogP contribution in [0.25, 0.3) is 0 Å². The van der Waals surface area contributed by atoms with Crippen LogP contribution in [0, 0.1) is 5.92 Å². The van der Waals surface area contributed by atoms with Gasteiger partial charge >= 0.3 is 0 Å². The number of nitrogens with one attached hydrogen (secondary N) is 2. The highest BCUT2D eigenvalue weighted by Crippen LogP contribution is 2.30. The van der Waals surface area contributed by atoms with E-state index in [-0.39, 0.29) is 0 Å². The van der Waals surface area contributed by atoms with Gasteiger partial charge in [0, 0.05) is 43.1 Å². The van der Waals surface area contributed by atoms with Crippen LogP contribution in [0.5, 0.6) is 0 Å². The number of fused-ring (bicyclic) bond motifs is 1. The molecule has 2 atom stereocenters. The Bertz CT molecular complexity index is 457. The number of hydrogen-bond donors (Lipinski definition) is 2. The molecule has 20 heavy (non-hydrogen) atoms. The molecule has 0 amide bonds. The van der Waals surface area contributed by atoms with Crippen LogP contribution >= 0.6 is 0 Å². The molecule has 1 aromatic heterocycles. The fourth-order valence-corrected chi connectivity index (χ4v) is 4.03. The first-order valence-corrected chi connectivity index (χ1v) is 8.09. The second-order valence-electron chi connectivity index (χ2n) is 6.54. The zero-order valence-electron chi connectivity index (χ0n) is 12.0. The van der Waals surface area contributed by atoms with Crippen LogP contribution in [0.1, 0.15) is 32.1 Å². The monoisotopic (exact) mass is 272 g/mol. The van der Waals surface area contributed by atoms with Gasteiger partial charge in [0.25, 0.3) is 0 Å². The normalized spacial score (nSPS) is 29.9. The van der Waals surface area contributed by atoms with E-state index >= 15 is 0 Å². The Hall–Kier alpha value is -1.29. The van der Waals surface area contributed by atoms with E-state index in [0.29, 0.717) is 12.1 Å². The minimum atomic E-state index is 0.636. The Morgan fingerprint density at radius 2 is 2.10 bits per heavy atom. The Kier molecular flexibility index (Phi) is 3.26. The van der Waals surface area contributed by atoms with E-state index < -0.39 is 0 Å². The molecule has 2 aliphatic heterocycles. The summed E-state index contributed by atoms with van der Waals surface area (Å²) in [5.74, 6) is 1.90. The maximum Gasteiger partial charge on any atom is 0.128 e. The van der Waals surface area contributed by atoms with Gasteiger partial charge in [-0.05, 0) is 37.8 Å². The highest BCUT2D eigenvalue weighted by atomic mass is 15.2. The molecule has 0 bridgehead atoms. The van der Waals surface area contributed by atoms with Crippen LogP contribution in [-0.2, 0) is 0 Å². The van der Waals surface area contributed by atoms with Crippen LogP contribution in [-0.4, -0.2) is 36.7 Å². The van der Waals surface area contributed by atoms with Crippen molar-refractivity contribution < 1.29 is 0 Å². The molecule has 4 rings (SSSR count). The molecule has 0 radical (unpaired) electrons.